The summed E-state index contributed by atoms with van der Waals surface area (Å²) in [4.78, 5) is 22.4. The smallest absolute Gasteiger partial charge is 0.342 e. The average Bonchev–Trinajstić information content (AvgIpc) is 2.48. The van der Waals surface area contributed by atoms with Gasteiger partial charge in [-0.3, -0.25) is 4.79 Å². The number of hydrogen-bond donors (Lipinski definition) is 1. The van der Waals surface area contributed by atoms with Gasteiger partial charge in [-0.2, -0.15) is 13.8 Å². The molecule has 0 fully saturated rings. The van der Waals surface area contributed by atoms with Gasteiger partial charge < -0.3 is 15.1 Å². The Hall–Kier alpha value is -1.99. The molecule has 0 unspecified atom stereocenters. The normalized spacial score (nSPS) is 18.1. The molecule has 0 aliphatic carbocycles. The number of alkyl halides is 2. The molecule has 1 aliphatic heterocycles. The number of carbonyl (C=O) groups excluding carboxylic acids is 1. The maximum atomic E-state index is 14.0. The average molecular weight is 285 g/mol. The highest BCUT2D eigenvalue weighted by Crippen LogP contribution is 2.36. The molecule has 2 rings (SSSR count). The third kappa shape index (κ3) is 2.25. The molecular formula is C12H17F2N5O. The van der Waals surface area contributed by atoms with Crippen molar-refractivity contribution >= 4 is 23.4 Å². The topological polar surface area (TPSA) is 61.4 Å². The Balaban J connectivity index is 2.62. The molecule has 0 bridgehead atoms. The summed E-state index contributed by atoms with van der Waals surface area (Å²) in [6.07, 6.45) is 1.38. The van der Waals surface area contributed by atoms with Gasteiger partial charge in [0.05, 0.1) is 12.7 Å². The SMILES string of the molecule is CNc1ncc2c(n1)N(C(C)C)CC(F)(F)C(=O)N2C. The van der Waals surface area contributed by atoms with Gasteiger partial charge in [-0.05, 0) is 13.8 Å². The number of hydrogen-bond acceptors (Lipinski definition) is 5. The van der Waals surface area contributed by atoms with Crippen LogP contribution in [0, 0.1) is 0 Å². The Morgan fingerprint density at radius 1 is 1.45 bits per heavy atom. The molecule has 1 amide bonds. The highest BCUT2D eigenvalue weighted by molar-refractivity contribution is 6.01. The van der Waals surface area contributed by atoms with E-state index in [1.54, 1.807) is 20.9 Å². The third-order valence-electron chi connectivity index (χ3n) is 3.22. The maximum absolute atomic E-state index is 14.0. The predicted molar refractivity (Wildman–Crippen MR) is 72.4 cm³/mol. The van der Waals surface area contributed by atoms with E-state index in [-0.39, 0.29) is 11.7 Å². The zero-order valence-electron chi connectivity index (χ0n) is 11.8. The minimum absolute atomic E-state index is 0.224. The largest absolute Gasteiger partial charge is 0.357 e. The van der Waals surface area contributed by atoms with Crippen LogP contribution < -0.4 is 15.1 Å². The van der Waals surface area contributed by atoms with E-state index in [1.807, 2.05) is 0 Å². The Labute approximate surface area is 115 Å². The first kappa shape index (κ1) is 14.4. The monoisotopic (exact) mass is 285 g/mol. The van der Waals surface area contributed by atoms with E-state index in [9.17, 15) is 13.6 Å². The first-order valence-electron chi connectivity index (χ1n) is 6.25. The van der Waals surface area contributed by atoms with E-state index in [4.69, 9.17) is 0 Å². The Kier molecular flexibility index (Phi) is 3.49. The fourth-order valence-corrected chi connectivity index (χ4v) is 2.07. The molecule has 0 atom stereocenters. The molecule has 0 radical (unpaired) electrons. The lowest BCUT2D eigenvalue weighted by atomic mass is 10.2. The number of rotatable bonds is 2. The van der Waals surface area contributed by atoms with Crippen LogP contribution in [0.4, 0.5) is 26.2 Å². The molecule has 0 spiro atoms. The van der Waals surface area contributed by atoms with Crippen LogP contribution in [0.5, 0.6) is 0 Å². The number of anilines is 3. The Bertz CT molecular complexity index is 535. The lowest BCUT2D eigenvalue weighted by Crippen LogP contribution is -2.47. The second-order valence-electron chi connectivity index (χ2n) is 4.94. The summed E-state index contributed by atoms with van der Waals surface area (Å²) >= 11 is 0. The van der Waals surface area contributed by atoms with Crippen molar-refractivity contribution in [1.29, 1.82) is 0 Å². The van der Waals surface area contributed by atoms with Gasteiger partial charge in [-0.25, -0.2) is 4.98 Å². The standard InChI is InChI=1S/C12H17F2N5O/c1-7(2)19-6-12(13,14)10(20)18(4)8-5-16-11(15-3)17-9(8)19/h5,7H,6H2,1-4H3,(H,15,16,17). The fraction of sp³-hybridized carbons (Fsp3) is 0.583. The maximum Gasteiger partial charge on any atom is 0.342 e. The summed E-state index contributed by atoms with van der Waals surface area (Å²) in [6, 6.07) is -0.224. The van der Waals surface area contributed by atoms with Crippen LogP contribution in [0.15, 0.2) is 6.20 Å². The minimum Gasteiger partial charge on any atom is -0.357 e. The lowest BCUT2D eigenvalue weighted by molar-refractivity contribution is -0.140. The molecule has 2 heterocycles. The van der Waals surface area contributed by atoms with Gasteiger partial charge >= 0.3 is 5.92 Å². The molecule has 6 nitrogen and oxygen atoms in total. The number of nitrogens with one attached hydrogen (secondary N) is 1. The fourth-order valence-electron chi connectivity index (χ4n) is 2.07. The first-order chi connectivity index (χ1) is 9.27. The summed E-state index contributed by atoms with van der Waals surface area (Å²) in [7, 11) is 2.95. The summed E-state index contributed by atoms with van der Waals surface area (Å²) in [6.45, 7) is 2.86. The van der Waals surface area contributed by atoms with E-state index in [1.165, 1.54) is 18.1 Å². The number of aromatic nitrogens is 2. The summed E-state index contributed by atoms with van der Waals surface area (Å²) in [5, 5.41) is 2.76. The van der Waals surface area contributed by atoms with Crippen molar-refractivity contribution in [3.63, 3.8) is 0 Å². The van der Waals surface area contributed by atoms with Crippen molar-refractivity contribution in [2.24, 2.45) is 0 Å². The highest BCUT2D eigenvalue weighted by Gasteiger charge is 2.47. The number of fused-ring (bicyclic) bond motifs is 1. The van der Waals surface area contributed by atoms with Crippen molar-refractivity contribution in [2.45, 2.75) is 25.8 Å². The molecule has 20 heavy (non-hydrogen) atoms. The quantitative estimate of drug-likeness (QED) is 0.888. The lowest BCUT2D eigenvalue weighted by Gasteiger charge is -2.28. The molecule has 1 aromatic heterocycles. The van der Waals surface area contributed by atoms with Gasteiger partial charge in [0, 0.05) is 20.1 Å². The van der Waals surface area contributed by atoms with Crippen LogP contribution in [0.2, 0.25) is 0 Å². The van der Waals surface area contributed by atoms with Crippen LogP contribution in [0.3, 0.4) is 0 Å². The Morgan fingerprint density at radius 2 is 2.10 bits per heavy atom. The van der Waals surface area contributed by atoms with E-state index in [0.717, 1.165) is 4.90 Å². The molecule has 8 heteroatoms. The van der Waals surface area contributed by atoms with Crippen LogP contribution >= 0.6 is 0 Å². The molecule has 0 saturated carbocycles. The van der Waals surface area contributed by atoms with Gasteiger partial charge in [0.15, 0.2) is 5.82 Å². The van der Waals surface area contributed by atoms with Gasteiger partial charge in [0.25, 0.3) is 5.91 Å². The van der Waals surface area contributed by atoms with Crippen molar-refractivity contribution in [2.75, 3.05) is 35.8 Å². The van der Waals surface area contributed by atoms with Crippen LogP contribution in [0.1, 0.15) is 13.8 Å². The van der Waals surface area contributed by atoms with Gasteiger partial charge in [0.2, 0.25) is 5.95 Å². The van der Waals surface area contributed by atoms with Crippen molar-refractivity contribution < 1.29 is 13.6 Å². The third-order valence-corrected chi connectivity index (χ3v) is 3.22. The summed E-state index contributed by atoms with van der Waals surface area (Å²) in [5.41, 5.74) is 0.278. The number of nitrogens with zero attached hydrogens (tertiary/aromatic N) is 4. The molecule has 1 aliphatic rings. The van der Waals surface area contributed by atoms with E-state index in [2.05, 4.69) is 15.3 Å². The second-order valence-corrected chi connectivity index (χ2v) is 4.94. The van der Waals surface area contributed by atoms with Gasteiger partial charge in [-0.1, -0.05) is 0 Å². The number of carbonyl (C=O) groups is 1. The van der Waals surface area contributed by atoms with E-state index >= 15 is 0 Å². The molecule has 110 valence electrons. The van der Waals surface area contributed by atoms with Crippen molar-refractivity contribution in [3.8, 4) is 0 Å². The summed E-state index contributed by atoms with van der Waals surface area (Å²) < 4.78 is 27.9. The molecule has 1 N–H and O–H groups in total. The number of amides is 1. The second kappa shape index (κ2) is 4.84. The summed E-state index contributed by atoms with van der Waals surface area (Å²) in [5.74, 6) is -4.06. The zero-order valence-corrected chi connectivity index (χ0v) is 11.8. The van der Waals surface area contributed by atoms with E-state index < -0.39 is 18.4 Å². The zero-order chi connectivity index (χ0) is 15.1. The van der Waals surface area contributed by atoms with Gasteiger partial charge in [0.1, 0.15) is 5.69 Å². The predicted octanol–water partition coefficient (Wildman–Crippen LogP) is 1.34. The van der Waals surface area contributed by atoms with Crippen LogP contribution in [-0.2, 0) is 4.79 Å². The van der Waals surface area contributed by atoms with Crippen molar-refractivity contribution in [1.82, 2.24) is 9.97 Å². The van der Waals surface area contributed by atoms with Crippen molar-refractivity contribution in [3.05, 3.63) is 6.20 Å². The first-order valence-corrected chi connectivity index (χ1v) is 6.25. The van der Waals surface area contributed by atoms with Gasteiger partial charge in [-0.15, -0.1) is 0 Å². The molecule has 0 aromatic carbocycles. The van der Waals surface area contributed by atoms with E-state index in [0.29, 0.717) is 11.8 Å². The van der Waals surface area contributed by atoms with Crippen LogP contribution in [-0.4, -0.2) is 48.5 Å². The Morgan fingerprint density at radius 3 is 2.65 bits per heavy atom. The molecular weight excluding hydrogens is 268 g/mol. The number of halogens is 2. The molecule has 1 aromatic rings. The van der Waals surface area contributed by atoms with Crippen LogP contribution in [0.25, 0.3) is 0 Å². The minimum atomic E-state index is -3.46. The molecule has 0 saturated heterocycles. The highest BCUT2D eigenvalue weighted by atomic mass is 19.3.